The van der Waals surface area contributed by atoms with Crippen molar-refractivity contribution in [1.29, 1.82) is 0 Å². The first-order chi connectivity index (χ1) is 6.86. The van der Waals surface area contributed by atoms with Crippen molar-refractivity contribution >= 4 is 0 Å². The van der Waals surface area contributed by atoms with Gasteiger partial charge in [-0.2, -0.15) is 0 Å². The van der Waals surface area contributed by atoms with Crippen molar-refractivity contribution in [3.8, 4) is 11.6 Å². The van der Waals surface area contributed by atoms with Gasteiger partial charge in [-0.15, -0.1) is 0 Å². The van der Waals surface area contributed by atoms with Crippen LogP contribution in [0.25, 0.3) is 0 Å². The van der Waals surface area contributed by atoms with Gasteiger partial charge in [0.05, 0.1) is 6.61 Å². The first kappa shape index (κ1) is 9.27. The minimum Gasteiger partial charge on any atom is -0.503 e. The maximum atomic E-state index is 9.38. The molecule has 1 aliphatic heterocycles. The van der Waals surface area contributed by atoms with Crippen LogP contribution in [0.2, 0.25) is 0 Å². The van der Waals surface area contributed by atoms with Crippen LogP contribution in [0.1, 0.15) is 6.42 Å². The Morgan fingerprint density at radius 3 is 3.29 bits per heavy atom. The quantitative estimate of drug-likeness (QED) is 0.746. The first-order valence-electron chi connectivity index (χ1n) is 4.84. The molecular weight excluding hydrogens is 180 g/mol. The Hall–Kier alpha value is -1.29. The van der Waals surface area contributed by atoms with Crippen molar-refractivity contribution < 1.29 is 9.84 Å². The summed E-state index contributed by atoms with van der Waals surface area (Å²) in [6, 6.07) is 3.26. The fraction of sp³-hybridized carbons (Fsp3) is 0.500. The van der Waals surface area contributed by atoms with E-state index >= 15 is 0 Å². The second-order valence-corrected chi connectivity index (χ2v) is 3.50. The highest BCUT2D eigenvalue weighted by atomic mass is 16.5. The second kappa shape index (κ2) is 4.28. The number of hydrogen-bond donors (Lipinski definition) is 2. The third-order valence-electron chi connectivity index (χ3n) is 2.37. The molecule has 1 saturated heterocycles. The largest absolute Gasteiger partial charge is 0.503 e. The molecule has 0 bridgehead atoms. The number of pyridine rings is 1. The Bertz CT molecular complexity index is 298. The van der Waals surface area contributed by atoms with Crippen LogP contribution in [0.4, 0.5) is 0 Å². The number of aromatic nitrogens is 1. The predicted octanol–water partition coefficient (Wildman–Crippen LogP) is 0.775. The SMILES string of the molecule is Oc1cccnc1OC[C@H]1CCNC1. The van der Waals surface area contributed by atoms with Crippen LogP contribution in [0.5, 0.6) is 11.6 Å². The van der Waals surface area contributed by atoms with E-state index in [1.54, 1.807) is 18.3 Å². The molecule has 0 radical (unpaired) electrons. The number of nitrogens with one attached hydrogen (secondary N) is 1. The van der Waals surface area contributed by atoms with E-state index in [2.05, 4.69) is 10.3 Å². The molecule has 1 atom stereocenters. The normalized spacial score (nSPS) is 21.0. The van der Waals surface area contributed by atoms with E-state index in [1.165, 1.54) is 0 Å². The van der Waals surface area contributed by atoms with E-state index in [9.17, 15) is 5.11 Å². The molecule has 0 saturated carbocycles. The fourth-order valence-corrected chi connectivity index (χ4v) is 1.55. The topological polar surface area (TPSA) is 54.4 Å². The molecule has 0 aromatic carbocycles. The average molecular weight is 194 g/mol. The van der Waals surface area contributed by atoms with Crippen LogP contribution in [0, 0.1) is 5.92 Å². The van der Waals surface area contributed by atoms with Gasteiger partial charge in [0, 0.05) is 18.7 Å². The molecule has 14 heavy (non-hydrogen) atoms. The molecule has 1 aromatic heterocycles. The van der Waals surface area contributed by atoms with Crippen molar-refractivity contribution in [3.63, 3.8) is 0 Å². The zero-order valence-electron chi connectivity index (χ0n) is 7.94. The second-order valence-electron chi connectivity index (χ2n) is 3.50. The summed E-state index contributed by atoms with van der Waals surface area (Å²) in [5.74, 6) is 0.981. The molecule has 1 aliphatic rings. The lowest BCUT2D eigenvalue weighted by molar-refractivity contribution is 0.240. The standard InChI is InChI=1S/C10H14N2O2/c13-9-2-1-4-12-10(9)14-7-8-3-5-11-6-8/h1-2,4,8,11,13H,3,5-7H2/t8-/m0/s1. The van der Waals surface area contributed by atoms with Crippen LogP contribution in [-0.4, -0.2) is 29.8 Å². The van der Waals surface area contributed by atoms with Gasteiger partial charge in [0.25, 0.3) is 5.88 Å². The third-order valence-corrected chi connectivity index (χ3v) is 2.37. The van der Waals surface area contributed by atoms with E-state index < -0.39 is 0 Å². The molecule has 4 nitrogen and oxygen atoms in total. The molecule has 2 rings (SSSR count). The van der Waals surface area contributed by atoms with Gasteiger partial charge < -0.3 is 15.2 Å². The van der Waals surface area contributed by atoms with Gasteiger partial charge >= 0.3 is 0 Å². The van der Waals surface area contributed by atoms with Crippen LogP contribution in [0.3, 0.4) is 0 Å². The zero-order chi connectivity index (χ0) is 9.80. The van der Waals surface area contributed by atoms with Gasteiger partial charge in [-0.3, -0.25) is 0 Å². The zero-order valence-corrected chi connectivity index (χ0v) is 7.94. The number of aromatic hydroxyl groups is 1. The van der Waals surface area contributed by atoms with Crippen LogP contribution < -0.4 is 10.1 Å². The van der Waals surface area contributed by atoms with Crippen LogP contribution in [0.15, 0.2) is 18.3 Å². The van der Waals surface area contributed by atoms with Crippen molar-refractivity contribution in [3.05, 3.63) is 18.3 Å². The minimum atomic E-state index is 0.110. The maximum Gasteiger partial charge on any atom is 0.256 e. The van der Waals surface area contributed by atoms with Crippen molar-refractivity contribution in [2.24, 2.45) is 5.92 Å². The molecular formula is C10H14N2O2. The van der Waals surface area contributed by atoms with Gasteiger partial charge in [0.2, 0.25) is 0 Å². The fourth-order valence-electron chi connectivity index (χ4n) is 1.55. The monoisotopic (exact) mass is 194 g/mol. The van der Waals surface area contributed by atoms with E-state index in [4.69, 9.17) is 4.74 Å². The summed E-state index contributed by atoms with van der Waals surface area (Å²) < 4.78 is 5.42. The number of nitrogens with zero attached hydrogens (tertiary/aromatic N) is 1. The summed E-state index contributed by atoms with van der Waals surface area (Å²) in [6.45, 7) is 2.67. The highest BCUT2D eigenvalue weighted by Gasteiger charge is 2.15. The highest BCUT2D eigenvalue weighted by Crippen LogP contribution is 2.22. The highest BCUT2D eigenvalue weighted by molar-refractivity contribution is 5.30. The number of ether oxygens (including phenoxy) is 1. The molecule has 76 valence electrons. The van der Waals surface area contributed by atoms with Gasteiger partial charge in [-0.1, -0.05) is 0 Å². The van der Waals surface area contributed by atoms with Gasteiger partial charge in [0.1, 0.15) is 0 Å². The number of rotatable bonds is 3. The van der Waals surface area contributed by atoms with Gasteiger partial charge in [-0.05, 0) is 25.1 Å². The Kier molecular flexibility index (Phi) is 2.84. The lowest BCUT2D eigenvalue weighted by atomic mass is 10.1. The Balaban J connectivity index is 1.88. The smallest absolute Gasteiger partial charge is 0.256 e. The van der Waals surface area contributed by atoms with Crippen molar-refractivity contribution in [2.75, 3.05) is 19.7 Å². The summed E-state index contributed by atoms with van der Waals surface area (Å²) in [7, 11) is 0. The van der Waals surface area contributed by atoms with Crippen molar-refractivity contribution in [2.45, 2.75) is 6.42 Å². The van der Waals surface area contributed by atoms with E-state index in [0.717, 1.165) is 19.5 Å². The third kappa shape index (κ3) is 2.14. The Morgan fingerprint density at radius 1 is 1.64 bits per heavy atom. The summed E-state index contributed by atoms with van der Waals surface area (Å²) >= 11 is 0. The molecule has 0 aliphatic carbocycles. The molecule has 0 amide bonds. The molecule has 1 fully saturated rings. The molecule has 0 spiro atoms. The molecule has 4 heteroatoms. The van der Waals surface area contributed by atoms with E-state index in [1.807, 2.05) is 0 Å². The number of hydrogen-bond acceptors (Lipinski definition) is 4. The Morgan fingerprint density at radius 2 is 2.57 bits per heavy atom. The maximum absolute atomic E-state index is 9.38. The van der Waals surface area contributed by atoms with Crippen LogP contribution >= 0.6 is 0 Å². The summed E-state index contributed by atoms with van der Waals surface area (Å²) in [5.41, 5.74) is 0. The van der Waals surface area contributed by atoms with Crippen molar-refractivity contribution in [1.82, 2.24) is 10.3 Å². The first-order valence-corrected chi connectivity index (χ1v) is 4.84. The lowest BCUT2D eigenvalue weighted by Gasteiger charge is -2.10. The van der Waals surface area contributed by atoms with Crippen LogP contribution in [-0.2, 0) is 0 Å². The Labute approximate surface area is 82.9 Å². The minimum absolute atomic E-state index is 0.110. The predicted molar refractivity (Wildman–Crippen MR) is 52.4 cm³/mol. The van der Waals surface area contributed by atoms with E-state index in [-0.39, 0.29) is 5.75 Å². The molecule has 2 N–H and O–H groups in total. The molecule has 0 unspecified atom stereocenters. The van der Waals surface area contributed by atoms with Gasteiger partial charge in [0.15, 0.2) is 5.75 Å². The molecule has 2 heterocycles. The van der Waals surface area contributed by atoms with E-state index in [0.29, 0.717) is 18.4 Å². The lowest BCUT2D eigenvalue weighted by Crippen LogP contribution is -2.15. The van der Waals surface area contributed by atoms with Gasteiger partial charge in [-0.25, -0.2) is 4.98 Å². The summed E-state index contributed by atoms with van der Waals surface area (Å²) in [4.78, 5) is 3.95. The average Bonchev–Trinajstić information content (AvgIpc) is 2.69. The molecule has 1 aromatic rings. The summed E-state index contributed by atoms with van der Waals surface area (Å²) in [5, 5.41) is 12.6. The summed E-state index contributed by atoms with van der Waals surface area (Å²) in [6.07, 6.45) is 2.75.